The molecule has 0 aliphatic rings. The average Bonchev–Trinajstić information content (AvgIpc) is 2.42. The monoisotopic (exact) mass is 311 g/mol. The van der Waals surface area contributed by atoms with E-state index < -0.39 is 4.92 Å². The van der Waals surface area contributed by atoms with Crippen LogP contribution in [0.15, 0.2) is 30.3 Å². The molecule has 1 aromatic heterocycles. The van der Waals surface area contributed by atoms with Gasteiger partial charge in [-0.3, -0.25) is 10.1 Å². The van der Waals surface area contributed by atoms with Gasteiger partial charge in [-0.15, -0.1) is 0 Å². The van der Waals surface area contributed by atoms with E-state index in [0.29, 0.717) is 28.0 Å². The van der Waals surface area contributed by atoms with Gasteiger partial charge in [0.2, 0.25) is 0 Å². The highest BCUT2D eigenvalue weighted by Crippen LogP contribution is 2.33. The molecule has 0 spiro atoms. The van der Waals surface area contributed by atoms with Gasteiger partial charge in [0.05, 0.1) is 15.0 Å². The van der Waals surface area contributed by atoms with E-state index in [1.165, 1.54) is 6.07 Å². The van der Waals surface area contributed by atoms with Crippen LogP contribution in [-0.4, -0.2) is 16.5 Å². The molecule has 0 fully saturated rings. The number of anilines is 1. The van der Waals surface area contributed by atoms with E-state index >= 15 is 0 Å². The van der Waals surface area contributed by atoms with Crippen LogP contribution in [0.5, 0.6) is 0 Å². The number of hydrogen-bond acceptors (Lipinski definition) is 4. The molecule has 2 aromatic rings. The Morgan fingerprint density at radius 3 is 2.60 bits per heavy atom. The third-order valence-electron chi connectivity index (χ3n) is 2.62. The van der Waals surface area contributed by atoms with Gasteiger partial charge in [-0.05, 0) is 25.1 Å². The van der Waals surface area contributed by atoms with Crippen LogP contribution in [0.3, 0.4) is 0 Å². The van der Waals surface area contributed by atoms with E-state index in [1.54, 1.807) is 24.3 Å². The minimum Gasteiger partial charge on any atom is -0.370 e. The second-order valence-electron chi connectivity index (χ2n) is 3.98. The van der Waals surface area contributed by atoms with Crippen LogP contribution >= 0.6 is 23.2 Å². The standard InChI is InChI=1S/C13H11Cl2N3O2/c1-2-16-12-6-5-11(18(19)20)13(17-12)8-3-4-9(14)10(15)7-8/h3-7H,2H2,1H3,(H,16,17). The molecule has 0 amide bonds. The summed E-state index contributed by atoms with van der Waals surface area (Å²) < 4.78 is 0. The third kappa shape index (κ3) is 3.00. The number of nitrogens with zero attached hydrogens (tertiary/aromatic N) is 2. The van der Waals surface area contributed by atoms with E-state index in [4.69, 9.17) is 23.2 Å². The van der Waals surface area contributed by atoms with Gasteiger partial charge in [-0.2, -0.15) is 0 Å². The van der Waals surface area contributed by atoms with E-state index in [1.807, 2.05) is 6.92 Å². The highest BCUT2D eigenvalue weighted by molar-refractivity contribution is 6.42. The van der Waals surface area contributed by atoms with Crippen molar-refractivity contribution in [1.29, 1.82) is 0 Å². The number of aromatic nitrogens is 1. The molecule has 1 aromatic carbocycles. The van der Waals surface area contributed by atoms with Gasteiger partial charge in [0.1, 0.15) is 5.82 Å². The Morgan fingerprint density at radius 2 is 2.00 bits per heavy atom. The van der Waals surface area contributed by atoms with Crippen LogP contribution < -0.4 is 5.32 Å². The van der Waals surface area contributed by atoms with Crippen molar-refractivity contribution in [3.63, 3.8) is 0 Å². The number of benzene rings is 1. The number of halogens is 2. The molecule has 0 aliphatic carbocycles. The van der Waals surface area contributed by atoms with Gasteiger partial charge in [0, 0.05) is 18.2 Å². The summed E-state index contributed by atoms with van der Waals surface area (Å²) in [6.45, 7) is 2.59. The summed E-state index contributed by atoms with van der Waals surface area (Å²) in [6.07, 6.45) is 0. The van der Waals surface area contributed by atoms with Crippen molar-refractivity contribution in [2.24, 2.45) is 0 Å². The SMILES string of the molecule is CCNc1ccc([N+](=O)[O-])c(-c2ccc(Cl)c(Cl)c2)n1. The predicted molar refractivity (Wildman–Crippen MR) is 80.5 cm³/mol. The lowest BCUT2D eigenvalue weighted by Crippen LogP contribution is -2.02. The summed E-state index contributed by atoms with van der Waals surface area (Å²) in [4.78, 5) is 14.9. The molecule has 0 saturated heterocycles. The molecule has 0 saturated carbocycles. The highest BCUT2D eigenvalue weighted by atomic mass is 35.5. The first-order chi connectivity index (χ1) is 9.52. The topological polar surface area (TPSA) is 68.1 Å². The van der Waals surface area contributed by atoms with Crippen LogP contribution in [0.2, 0.25) is 10.0 Å². The zero-order chi connectivity index (χ0) is 14.7. The lowest BCUT2D eigenvalue weighted by Gasteiger charge is -2.07. The number of hydrogen-bond donors (Lipinski definition) is 1. The molecule has 2 rings (SSSR count). The van der Waals surface area contributed by atoms with Crippen molar-refractivity contribution in [2.45, 2.75) is 6.92 Å². The average molecular weight is 312 g/mol. The molecule has 0 unspecified atom stereocenters. The van der Waals surface area contributed by atoms with Crippen molar-refractivity contribution in [3.8, 4) is 11.3 Å². The maximum Gasteiger partial charge on any atom is 0.295 e. The van der Waals surface area contributed by atoms with Crippen molar-refractivity contribution < 1.29 is 4.92 Å². The number of nitrogens with one attached hydrogen (secondary N) is 1. The van der Waals surface area contributed by atoms with Crippen molar-refractivity contribution in [1.82, 2.24) is 4.98 Å². The van der Waals surface area contributed by atoms with Crippen molar-refractivity contribution in [3.05, 3.63) is 50.5 Å². The largest absolute Gasteiger partial charge is 0.370 e. The number of pyridine rings is 1. The summed E-state index contributed by atoms with van der Waals surface area (Å²) in [6, 6.07) is 7.80. The molecule has 0 atom stereocenters. The van der Waals surface area contributed by atoms with Crippen molar-refractivity contribution in [2.75, 3.05) is 11.9 Å². The quantitative estimate of drug-likeness (QED) is 0.671. The molecule has 7 heteroatoms. The minimum atomic E-state index is -0.472. The first kappa shape index (κ1) is 14.6. The Balaban J connectivity index is 2.59. The summed E-state index contributed by atoms with van der Waals surface area (Å²) in [5.41, 5.74) is 0.725. The Labute approximate surface area is 125 Å². The van der Waals surface area contributed by atoms with Crippen LogP contribution in [0.1, 0.15) is 6.92 Å². The first-order valence-electron chi connectivity index (χ1n) is 5.87. The maximum atomic E-state index is 11.1. The maximum absolute atomic E-state index is 11.1. The fourth-order valence-electron chi connectivity index (χ4n) is 1.73. The van der Waals surface area contributed by atoms with Gasteiger partial charge in [-0.25, -0.2) is 4.98 Å². The van der Waals surface area contributed by atoms with Gasteiger partial charge in [0.15, 0.2) is 5.69 Å². The third-order valence-corrected chi connectivity index (χ3v) is 3.36. The molecule has 0 radical (unpaired) electrons. The second kappa shape index (κ2) is 6.07. The summed E-state index contributed by atoms with van der Waals surface area (Å²) in [7, 11) is 0. The first-order valence-corrected chi connectivity index (χ1v) is 6.63. The molecule has 1 heterocycles. The summed E-state index contributed by atoms with van der Waals surface area (Å²) in [5, 5.41) is 14.8. The normalized spacial score (nSPS) is 10.3. The van der Waals surface area contributed by atoms with Gasteiger partial charge in [-0.1, -0.05) is 29.3 Å². The van der Waals surface area contributed by atoms with Crippen LogP contribution in [-0.2, 0) is 0 Å². The Bertz CT molecular complexity index is 662. The van der Waals surface area contributed by atoms with Gasteiger partial charge in [0.25, 0.3) is 5.69 Å². The fourth-order valence-corrected chi connectivity index (χ4v) is 2.03. The van der Waals surface area contributed by atoms with Crippen LogP contribution in [0.25, 0.3) is 11.3 Å². The van der Waals surface area contributed by atoms with Crippen LogP contribution in [0, 0.1) is 10.1 Å². The molecule has 1 N–H and O–H groups in total. The molecule has 20 heavy (non-hydrogen) atoms. The lowest BCUT2D eigenvalue weighted by molar-refractivity contribution is -0.384. The van der Waals surface area contributed by atoms with E-state index in [9.17, 15) is 10.1 Å². The Kier molecular flexibility index (Phi) is 4.42. The zero-order valence-electron chi connectivity index (χ0n) is 10.6. The fraction of sp³-hybridized carbons (Fsp3) is 0.154. The van der Waals surface area contributed by atoms with Crippen LogP contribution in [0.4, 0.5) is 11.5 Å². The highest BCUT2D eigenvalue weighted by Gasteiger charge is 2.18. The molecule has 0 aliphatic heterocycles. The van der Waals surface area contributed by atoms with E-state index in [0.717, 1.165) is 0 Å². The number of nitro groups is 1. The molecule has 0 bridgehead atoms. The Morgan fingerprint density at radius 1 is 1.25 bits per heavy atom. The smallest absolute Gasteiger partial charge is 0.295 e. The van der Waals surface area contributed by atoms with Gasteiger partial charge < -0.3 is 5.32 Å². The molecular weight excluding hydrogens is 301 g/mol. The van der Waals surface area contributed by atoms with Gasteiger partial charge >= 0.3 is 0 Å². The summed E-state index contributed by atoms with van der Waals surface area (Å²) in [5.74, 6) is 0.569. The molecule has 5 nitrogen and oxygen atoms in total. The minimum absolute atomic E-state index is 0.0787. The summed E-state index contributed by atoms with van der Waals surface area (Å²) >= 11 is 11.8. The van der Waals surface area contributed by atoms with E-state index in [2.05, 4.69) is 10.3 Å². The molecular formula is C13H11Cl2N3O2. The Hall–Kier alpha value is -1.85. The predicted octanol–water partition coefficient (Wildman–Crippen LogP) is 4.40. The zero-order valence-corrected chi connectivity index (χ0v) is 12.1. The number of rotatable bonds is 4. The molecule has 104 valence electrons. The van der Waals surface area contributed by atoms with Crippen molar-refractivity contribution >= 4 is 34.7 Å². The lowest BCUT2D eigenvalue weighted by atomic mass is 10.1. The second-order valence-corrected chi connectivity index (χ2v) is 4.79. The van der Waals surface area contributed by atoms with E-state index in [-0.39, 0.29) is 11.4 Å².